The Kier molecular flexibility index (Phi) is 6.37. The van der Waals surface area contributed by atoms with E-state index < -0.39 is 0 Å². The molecule has 0 aliphatic carbocycles. The predicted octanol–water partition coefficient (Wildman–Crippen LogP) is 2.29. The van der Waals surface area contributed by atoms with E-state index in [1.807, 2.05) is 31.2 Å². The summed E-state index contributed by atoms with van der Waals surface area (Å²) < 4.78 is 11.0. The van der Waals surface area contributed by atoms with Gasteiger partial charge < -0.3 is 15.2 Å². The van der Waals surface area contributed by atoms with E-state index in [-0.39, 0.29) is 0 Å². The van der Waals surface area contributed by atoms with E-state index in [0.717, 1.165) is 23.3 Å². The zero-order chi connectivity index (χ0) is 12.5. The Morgan fingerprint density at radius 2 is 2.06 bits per heavy atom. The number of rotatable bonds is 8. The molecule has 1 rings (SSSR count). The lowest BCUT2D eigenvalue weighted by Crippen LogP contribution is -2.10. The smallest absolute Gasteiger partial charge is 0.127 e. The van der Waals surface area contributed by atoms with Crippen LogP contribution in [-0.2, 0) is 17.7 Å². The molecule has 0 unspecified atom stereocenters. The zero-order valence-corrected chi connectivity index (χ0v) is 10.4. The summed E-state index contributed by atoms with van der Waals surface area (Å²) in [6.45, 7) is 8.06. The lowest BCUT2D eigenvalue weighted by atomic mass is 10.1. The summed E-state index contributed by atoms with van der Waals surface area (Å²) in [5.74, 6) is 0.884. The molecule has 1 aromatic rings. The fourth-order valence-corrected chi connectivity index (χ4v) is 1.65. The molecule has 3 heteroatoms. The molecule has 0 aliphatic heterocycles. The van der Waals surface area contributed by atoms with E-state index in [0.29, 0.717) is 26.4 Å². The molecule has 3 nitrogen and oxygen atoms in total. The summed E-state index contributed by atoms with van der Waals surface area (Å²) in [7, 11) is 0. The molecular weight excluding hydrogens is 214 g/mol. The second-order valence-electron chi connectivity index (χ2n) is 3.65. The van der Waals surface area contributed by atoms with Gasteiger partial charge in [-0.15, -0.1) is 6.58 Å². The Morgan fingerprint density at radius 3 is 2.71 bits per heavy atom. The Labute approximate surface area is 103 Å². The minimum Gasteiger partial charge on any atom is -0.491 e. The minimum atomic E-state index is 0.481. The Hall–Kier alpha value is -1.32. The van der Waals surface area contributed by atoms with Crippen molar-refractivity contribution in [3.05, 3.63) is 42.0 Å². The van der Waals surface area contributed by atoms with Gasteiger partial charge in [0.15, 0.2) is 0 Å². The molecule has 2 N–H and O–H groups in total. The average molecular weight is 235 g/mol. The first-order valence-corrected chi connectivity index (χ1v) is 5.95. The lowest BCUT2D eigenvalue weighted by Gasteiger charge is -2.14. The Morgan fingerprint density at radius 1 is 1.29 bits per heavy atom. The van der Waals surface area contributed by atoms with Gasteiger partial charge in [0, 0.05) is 18.7 Å². The van der Waals surface area contributed by atoms with Gasteiger partial charge in [-0.25, -0.2) is 0 Å². The number of hydrogen-bond acceptors (Lipinski definition) is 3. The maximum Gasteiger partial charge on any atom is 0.127 e. The second kappa shape index (κ2) is 7.87. The number of para-hydroxylation sites is 1. The van der Waals surface area contributed by atoms with E-state index in [4.69, 9.17) is 15.2 Å². The van der Waals surface area contributed by atoms with Crippen LogP contribution < -0.4 is 10.5 Å². The van der Waals surface area contributed by atoms with Crippen molar-refractivity contribution in [2.75, 3.05) is 19.8 Å². The molecule has 0 saturated heterocycles. The van der Waals surface area contributed by atoms with Gasteiger partial charge in [-0.1, -0.05) is 24.3 Å². The third-order valence-electron chi connectivity index (χ3n) is 2.44. The van der Waals surface area contributed by atoms with Crippen LogP contribution in [0.5, 0.6) is 5.75 Å². The number of allylic oxidation sites excluding steroid dienone is 1. The fraction of sp³-hybridized carbons (Fsp3) is 0.429. The first kappa shape index (κ1) is 13.7. The minimum absolute atomic E-state index is 0.481. The molecule has 1 aromatic carbocycles. The molecule has 0 spiro atoms. The molecule has 0 amide bonds. The lowest BCUT2D eigenvalue weighted by molar-refractivity contribution is 0.109. The van der Waals surface area contributed by atoms with Gasteiger partial charge in [0.1, 0.15) is 12.4 Å². The molecule has 0 aliphatic rings. The number of hydrogen-bond donors (Lipinski definition) is 1. The van der Waals surface area contributed by atoms with Gasteiger partial charge in [0.25, 0.3) is 0 Å². The zero-order valence-electron chi connectivity index (χ0n) is 10.4. The molecular formula is C14H21NO2. The summed E-state index contributed by atoms with van der Waals surface area (Å²) in [5, 5.41) is 0. The van der Waals surface area contributed by atoms with Crippen LogP contribution >= 0.6 is 0 Å². The molecule has 94 valence electrons. The Bertz CT molecular complexity index is 350. The van der Waals surface area contributed by atoms with E-state index in [9.17, 15) is 0 Å². The molecule has 0 aromatic heterocycles. The third-order valence-corrected chi connectivity index (χ3v) is 2.44. The van der Waals surface area contributed by atoms with Crippen molar-refractivity contribution in [1.82, 2.24) is 0 Å². The topological polar surface area (TPSA) is 44.5 Å². The summed E-state index contributed by atoms with van der Waals surface area (Å²) in [4.78, 5) is 0. The maximum absolute atomic E-state index is 5.76. The molecule has 0 fully saturated rings. The molecule has 17 heavy (non-hydrogen) atoms. The van der Waals surface area contributed by atoms with Crippen molar-refractivity contribution in [3.8, 4) is 5.75 Å². The van der Waals surface area contributed by atoms with Crippen LogP contribution in [0.4, 0.5) is 0 Å². The largest absolute Gasteiger partial charge is 0.491 e. The first-order chi connectivity index (χ1) is 8.33. The van der Waals surface area contributed by atoms with Gasteiger partial charge in [-0.05, 0) is 18.9 Å². The SMILES string of the molecule is C=CCc1cccc(CN)c1OCCOCC. The Balaban J connectivity index is 2.73. The van der Waals surface area contributed by atoms with Crippen LogP contribution in [0.1, 0.15) is 18.1 Å². The number of benzene rings is 1. The van der Waals surface area contributed by atoms with Gasteiger partial charge in [-0.3, -0.25) is 0 Å². The van der Waals surface area contributed by atoms with Crippen molar-refractivity contribution in [2.45, 2.75) is 19.9 Å². The standard InChI is InChI=1S/C14H21NO2/c1-3-6-12-7-5-8-13(11-15)14(12)17-10-9-16-4-2/h3,5,7-8H,1,4,6,9-11,15H2,2H3. The molecule has 0 radical (unpaired) electrons. The van der Waals surface area contributed by atoms with Crippen molar-refractivity contribution in [1.29, 1.82) is 0 Å². The van der Waals surface area contributed by atoms with Crippen molar-refractivity contribution >= 4 is 0 Å². The summed E-state index contributed by atoms with van der Waals surface area (Å²) in [6, 6.07) is 6.02. The van der Waals surface area contributed by atoms with Crippen LogP contribution in [-0.4, -0.2) is 19.8 Å². The van der Waals surface area contributed by atoms with Crippen molar-refractivity contribution in [3.63, 3.8) is 0 Å². The fourth-order valence-electron chi connectivity index (χ4n) is 1.65. The normalized spacial score (nSPS) is 10.2. The third kappa shape index (κ3) is 4.21. The molecule has 0 bridgehead atoms. The van der Waals surface area contributed by atoms with Crippen LogP contribution in [0.25, 0.3) is 0 Å². The highest BCUT2D eigenvalue weighted by atomic mass is 16.5. The van der Waals surface area contributed by atoms with Crippen molar-refractivity contribution < 1.29 is 9.47 Å². The highest BCUT2D eigenvalue weighted by Gasteiger charge is 2.07. The molecule has 0 saturated carbocycles. The maximum atomic E-state index is 5.76. The van der Waals surface area contributed by atoms with Crippen molar-refractivity contribution in [2.24, 2.45) is 5.73 Å². The van der Waals surface area contributed by atoms with E-state index in [2.05, 4.69) is 6.58 Å². The van der Waals surface area contributed by atoms with Gasteiger partial charge in [-0.2, -0.15) is 0 Å². The summed E-state index contributed by atoms with van der Waals surface area (Å²) >= 11 is 0. The van der Waals surface area contributed by atoms with Gasteiger partial charge in [0.2, 0.25) is 0 Å². The second-order valence-corrected chi connectivity index (χ2v) is 3.65. The first-order valence-electron chi connectivity index (χ1n) is 5.95. The van der Waals surface area contributed by atoms with Crippen LogP contribution in [0.15, 0.2) is 30.9 Å². The molecule has 0 heterocycles. The van der Waals surface area contributed by atoms with Gasteiger partial charge >= 0.3 is 0 Å². The number of nitrogens with two attached hydrogens (primary N) is 1. The monoisotopic (exact) mass is 235 g/mol. The highest BCUT2D eigenvalue weighted by Crippen LogP contribution is 2.24. The van der Waals surface area contributed by atoms with E-state index in [1.165, 1.54) is 0 Å². The summed E-state index contributed by atoms with van der Waals surface area (Å²) in [6.07, 6.45) is 2.66. The van der Waals surface area contributed by atoms with Crippen LogP contribution in [0, 0.1) is 0 Å². The van der Waals surface area contributed by atoms with Crippen LogP contribution in [0.3, 0.4) is 0 Å². The molecule has 0 atom stereocenters. The van der Waals surface area contributed by atoms with Gasteiger partial charge in [0.05, 0.1) is 6.61 Å². The predicted molar refractivity (Wildman–Crippen MR) is 70.2 cm³/mol. The van der Waals surface area contributed by atoms with E-state index >= 15 is 0 Å². The van der Waals surface area contributed by atoms with E-state index in [1.54, 1.807) is 0 Å². The highest BCUT2D eigenvalue weighted by molar-refractivity contribution is 5.42. The quantitative estimate of drug-likeness (QED) is 0.555. The average Bonchev–Trinajstić information content (AvgIpc) is 2.36. The van der Waals surface area contributed by atoms with Crippen LogP contribution in [0.2, 0.25) is 0 Å². The summed E-state index contributed by atoms with van der Waals surface area (Å²) in [5.41, 5.74) is 7.86. The number of ether oxygens (including phenoxy) is 2.